The maximum atomic E-state index is 12.3. The van der Waals surface area contributed by atoms with E-state index in [1.165, 1.54) is 12.1 Å². The molecule has 0 bridgehead atoms. The molecule has 7 heteroatoms. The monoisotopic (exact) mass is 312 g/mol. The van der Waals surface area contributed by atoms with Gasteiger partial charge in [0.2, 0.25) is 0 Å². The van der Waals surface area contributed by atoms with Crippen LogP contribution in [0.2, 0.25) is 5.02 Å². The molecule has 2 N–H and O–H groups in total. The Balaban J connectivity index is 2.38. The zero-order valence-corrected chi connectivity index (χ0v) is 12.2. The van der Waals surface area contributed by atoms with Gasteiger partial charge in [-0.25, -0.2) is 13.4 Å². The molecule has 2 aromatic rings. The van der Waals surface area contributed by atoms with Crippen LogP contribution < -0.4 is 4.72 Å². The Morgan fingerprint density at radius 2 is 1.95 bits per heavy atom. The summed E-state index contributed by atoms with van der Waals surface area (Å²) in [7, 11) is -3.77. The summed E-state index contributed by atoms with van der Waals surface area (Å²) in [6, 6.07) is 9.39. The number of aromatic nitrogens is 1. The molecule has 0 radical (unpaired) electrons. The lowest BCUT2D eigenvalue weighted by Gasteiger charge is -2.11. The molecular formula is C13H13ClN2O3S. The van der Waals surface area contributed by atoms with Crippen molar-refractivity contribution in [3.05, 3.63) is 52.7 Å². The Hall–Kier alpha value is -1.63. The van der Waals surface area contributed by atoms with E-state index < -0.39 is 10.0 Å². The highest BCUT2D eigenvalue weighted by molar-refractivity contribution is 7.92. The van der Waals surface area contributed by atoms with Crippen molar-refractivity contribution >= 4 is 27.4 Å². The fourth-order valence-corrected chi connectivity index (χ4v) is 3.20. The molecule has 1 aromatic heterocycles. The van der Waals surface area contributed by atoms with Gasteiger partial charge in [0.25, 0.3) is 10.0 Å². The van der Waals surface area contributed by atoms with E-state index in [2.05, 4.69) is 9.71 Å². The number of nitrogens with zero attached hydrogens (tertiary/aromatic N) is 1. The van der Waals surface area contributed by atoms with Crippen molar-refractivity contribution < 1.29 is 13.5 Å². The first-order valence-corrected chi connectivity index (χ1v) is 7.65. The summed E-state index contributed by atoms with van der Waals surface area (Å²) in [5.74, 6) is 0.149. The van der Waals surface area contributed by atoms with E-state index in [9.17, 15) is 8.42 Å². The number of aliphatic hydroxyl groups excluding tert-OH is 1. The minimum Gasteiger partial charge on any atom is -0.390 e. The zero-order valence-electron chi connectivity index (χ0n) is 10.7. The van der Waals surface area contributed by atoms with Gasteiger partial charge in [0.1, 0.15) is 5.82 Å². The molecule has 0 saturated heterocycles. The van der Waals surface area contributed by atoms with E-state index in [1.54, 1.807) is 31.2 Å². The van der Waals surface area contributed by atoms with E-state index in [0.717, 1.165) is 0 Å². The second-order valence-corrected chi connectivity index (χ2v) is 6.20. The van der Waals surface area contributed by atoms with Gasteiger partial charge >= 0.3 is 0 Å². The van der Waals surface area contributed by atoms with E-state index in [-0.39, 0.29) is 17.3 Å². The number of nitrogens with one attached hydrogen (secondary N) is 1. The highest BCUT2D eigenvalue weighted by Gasteiger charge is 2.18. The topological polar surface area (TPSA) is 79.3 Å². The summed E-state index contributed by atoms with van der Waals surface area (Å²) in [6.45, 7) is 1.38. The number of sulfonamides is 1. The van der Waals surface area contributed by atoms with E-state index in [4.69, 9.17) is 16.7 Å². The summed E-state index contributed by atoms with van der Waals surface area (Å²) in [4.78, 5) is 4.08. The minimum atomic E-state index is -3.77. The molecule has 0 aliphatic rings. The average Bonchev–Trinajstić information content (AvgIpc) is 2.41. The van der Waals surface area contributed by atoms with Crippen molar-refractivity contribution in [3.8, 4) is 0 Å². The lowest BCUT2D eigenvalue weighted by atomic mass is 10.2. The number of benzene rings is 1. The highest BCUT2D eigenvalue weighted by Crippen LogP contribution is 2.24. The van der Waals surface area contributed by atoms with Gasteiger partial charge in [-0.15, -0.1) is 0 Å². The third kappa shape index (κ3) is 3.09. The first-order valence-electron chi connectivity index (χ1n) is 5.79. The van der Waals surface area contributed by atoms with Gasteiger partial charge in [0.15, 0.2) is 0 Å². The first kappa shape index (κ1) is 14.8. The van der Waals surface area contributed by atoms with Crippen molar-refractivity contribution in [2.45, 2.75) is 18.4 Å². The molecule has 0 saturated carbocycles. The highest BCUT2D eigenvalue weighted by atomic mass is 35.5. The molecule has 1 heterocycles. The van der Waals surface area contributed by atoms with Gasteiger partial charge < -0.3 is 5.11 Å². The number of anilines is 1. The van der Waals surface area contributed by atoms with Crippen LogP contribution in [0.3, 0.4) is 0 Å². The van der Waals surface area contributed by atoms with Crippen molar-refractivity contribution in [3.63, 3.8) is 0 Å². The molecule has 0 unspecified atom stereocenters. The Morgan fingerprint density at radius 3 is 2.65 bits per heavy atom. The number of hydrogen-bond donors (Lipinski definition) is 2. The van der Waals surface area contributed by atoms with Crippen LogP contribution >= 0.6 is 11.6 Å². The molecule has 0 atom stereocenters. The predicted octanol–water partition coefficient (Wildman–Crippen LogP) is 2.34. The molecule has 106 valence electrons. The first-order chi connectivity index (χ1) is 9.44. The number of hydrogen-bond acceptors (Lipinski definition) is 4. The predicted molar refractivity (Wildman–Crippen MR) is 77.2 cm³/mol. The normalized spacial score (nSPS) is 11.3. The van der Waals surface area contributed by atoms with Crippen LogP contribution in [-0.4, -0.2) is 18.5 Å². The van der Waals surface area contributed by atoms with Crippen molar-refractivity contribution in [2.75, 3.05) is 4.72 Å². The molecule has 1 aromatic carbocycles. The fraction of sp³-hybridized carbons (Fsp3) is 0.154. The summed E-state index contributed by atoms with van der Waals surface area (Å²) in [5.41, 5.74) is 0.855. The van der Waals surface area contributed by atoms with Gasteiger partial charge in [-0.05, 0) is 36.8 Å². The van der Waals surface area contributed by atoms with Gasteiger partial charge in [0.05, 0.1) is 17.2 Å². The van der Waals surface area contributed by atoms with E-state index in [0.29, 0.717) is 16.3 Å². The standard InChI is InChI=1S/C13H13ClN2O3S/c1-9-11(14)5-3-6-12(9)20(18,19)16-13-7-2-4-10(8-17)15-13/h2-7,17H,8H2,1H3,(H,15,16). The molecule has 2 rings (SSSR count). The van der Waals surface area contributed by atoms with Crippen molar-refractivity contribution in [1.82, 2.24) is 4.98 Å². The second kappa shape index (κ2) is 5.78. The summed E-state index contributed by atoms with van der Waals surface area (Å²) in [5, 5.41) is 9.38. The van der Waals surface area contributed by atoms with Crippen LogP contribution in [0.5, 0.6) is 0 Å². The quantitative estimate of drug-likeness (QED) is 0.908. The Morgan fingerprint density at radius 1 is 1.25 bits per heavy atom. The van der Waals surface area contributed by atoms with Gasteiger partial charge in [-0.3, -0.25) is 4.72 Å². The summed E-state index contributed by atoms with van der Waals surface area (Å²) in [6.07, 6.45) is 0. The number of halogens is 1. The van der Waals surface area contributed by atoms with Crippen molar-refractivity contribution in [2.24, 2.45) is 0 Å². The van der Waals surface area contributed by atoms with Crippen LogP contribution in [0.25, 0.3) is 0 Å². The molecule has 0 spiro atoms. The van der Waals surface area contributed by atoms with Crippen LogP contribution in [0.15, 0.2) is 41.3 Å². The third-order valence-corrected chi connectivity index (χ3v) is 4.62. The molecule has 0 fully saturated rings. The van der Waals surface area contributed by atoms with Crippen molar-refractivity contribution in [1.29, 1.82) is 0 Å². The van der Waals surface area contributed by atoms with E-state index in [1.807, 2.05) is 0 Å². The Labute approximate surface area is 122 Å². The minimum absolute atomic E-state index is 0.0983. The number of rotatable bonds is 4. The Bertz CT molecular complexity index is 732. The van der Waals surface area contributed by atoms with Crippen LogP contribution in [-0.2, 0) is 16.6 Å². The fourth-order valence-electron chi connectivity index (χ4n) is 1.70. The molecule has 0 amide bonds. The largest absolute Gasteiger partial charge is 0.390 e. The lowest BCUT2D eigenvalue weighted by Crippen LogP contribution is -2.15. The molecule has 0 aliphatic carbocycles. The Kier molecular flexibility index (Phi) is 4.27. The lowest BCUT2D eigenvalue weighted by molar-refractivity contribution is 0.277. The second-order valence-electron chi connectivity index (χ2n) is 4.14. The molecule has 0 aliphatic heterocycles. The van der Waals surface area contributed by atoms with E-state index >= 15 is 0 Å². The summed E-state index contributed by atoms with van der Waals surface area (Å²) >= 11 is 5.93. The number of aliphatic hydroxyl groups is 1. The SMILES string of the molecule is Cc1c(Cl)cccc1S(=O)(=O)Nc1cccc(CO)n1. The maximum Gasteiger partial charge on any atom is 0.263 e. The van der Waals surface area contributed by atoms with Gasteiger partial charge in [-0.2, -0.15) is 0 Å². The number of pyridine rings is 1. The maximum absolute atomic E-state index is 12.3. The van der Waals surface area contributed by atoms with Gasteiger partial charge in [-0.1, -0.05) is 23.7 Å². The van der Waals surface area contributed by atoms with Crippen LogP contribution in [0.1, 0.15) is 11.3 Å². The molecular weight excluding hydrogens is 300 g/mol. The zero-order chi connectivity index (χ0) is 14.8. The average molecular weight is 313 g/mol. The van der Waals surface area contributed by atoms with Crippen LogP contribution in [0, 0.1) is 6.92 Å². The summed E-state index contributed by atoms with van der Waals surface area (Å²) < 4.78 is 27.0. The van der Waals surface area contributed by atoms with Crippen LogP contribution in [0.4, 0.5) is 5.82 Å². The molecule has 20 heavy (non-hydrogen) atoms. The molecule has 5 nitrogen and oxygen atoms in total. The third-order valence-electron chi connectivity index (χ3n) is 2.72. The smallest absolute Gasteiger partial charge is 0.263 e. The van der Waals surface area contributed by atoms with Gasteiger partial charge in [0, 0.05) is 5.02 Å².